The minimum absolute atomic E-state index is 0.879. The van der Waals surface area contributed by atoms with E-state index in [2.05, 4.69) is 0 Å². The fraction of sp³-hybridized carbons (Fsp3) is 1.00. The average molecular weight is 251 g/mol. The zero-order valence-electron chi connectivity index (χ0n) is 11.7. The zero-order chi connectivity index (χ0) is 11.7. The van der Waals surface area contributed by atoms with Gasteiger partial charge in [-0.05, 0) is 29.2 Å². The average Bonchev–Trinajstić information content (AvgIpc) is 3.03. The van der Waals surface area contributed by atoms with Crippen LogP contribution < -0.4 is 0 Å². The number of hydrogen-bond acceptors (Lipinski definition) is 0. The molecule has 0 aromatic rings. The molecule has 0 aromatic carbocycles. The molecule has 3 fully saturated rings. The Morgan fingerprint density at radius 3 is 2.00 bits per heavy atom. The van der Waals surface area contributed by atoms with Gasteiger partial charge < -0.3 is 0 Å². The fourth-order valence-electron chi connectivity index (χ4n) is 5.61. The molecule has 3 rings (SSSR count). The SMILES string of the molecule is [SiH3]C1(C2CCCC2)CCCCC1C1CCCC1. The summed E-state index contributed by atoms with van der Waals surface area (Å²) >= 11 is 0. The third-order valence-corrected chi connectivity index (χ3v) is 8.64. The third-order valence-electron chi connectivity index (χ3n) is 6.58. The first-order valence-electron chi connectivity index (χ1n) is 8.31. The van der Waals surface area contributed by atoms with E-state index < -0.39 is 0 Å². The molecule has 0 N–H and O–H groups in total. The highest BCUT2D eigenvalue weighted by Gasteiger charge is 2.46. The molecule has 0 saturated heterocycles. The lowest BCUT2D eigenvalue weighted by Crippen LogP contribution is -2.37. The van der Waals surface area contributed by atoms with Gasteiger partial charge in [-0.1, -0.05) is 70.6 Å². The van der Waals surface area contributed by atoms with Gasteiger partial charge in [0.2, 0.25) is 0 Å². The smallest absolute Gasteiger partial charge is 0.0114 e. The summed E-state index contributed by atoms with van der Waals surface area (Å²) in [5.41, 5.74) is 0. The second-order valence-corrected chi connectivity index (χ2v) is 9.25. The quantitative estimate of drug-likeness (QED) is 0.648. The van der Waals surface area contributed by atoms with E-state index in [9.17, 15) is 0 Å². The fourth-order valence-corrected chi connectivity index (χ4v) is 7.30. The van der Waals surface area contributed by atoms with Crippen molar-refractivity contribution < 1.29 is 0 Å². The normalized spacial score (nSPS) is 41.3. The molecule has 98 valence electrons. The molecule has 0 aromatic heterocycles. The Labute approximate surface area is 110 Å². The Bertz CT molecular complexity index is 250. The first-order chi connectivity index (χ1) is 8.31. The maximum Gasteiger partial charge on any atom is 0.0114 e. The van der Waals surface area contributed by atoms with Gasteiger partial charge in [-0.15, -0.1) is 0 Å². The van der Waals surface area contributed by atoms with Gasteiger partial charge in [0.15, 0.2) is 0 Å². The summed E-state index contributed by atoms with van der Waals surface area (Å²) in [6.45, 7) is 0. The summed E-state index contributed by atoms with van der Waals surface area (Å²) in [5, 5.41) is 0.879. The van der Waals surface area contributed by atoms with Crippen LogP contribution in [0.2, 0.25) is 5.04 Å². The molecule has 3 aliphatic carbocycles. The molecular formula is C16H30Si. The lowest BCUT2D eigenvalue weighted by atomic mass is 9.65. The van der Waals surface area contributed by atoms with Gasteiger partial charge in [0.1, 0.15) is 0 Å². The van der Waals surface area contributed by atoms with Crippen molar-refractivity contribution in [3.63, 3.8) is 0 Å². The maximum atomic E-state index is 1.62. The van der Waals surface area contributed by atoms with Crippen LogP contribution >= 0.6 is 0 Å². The molecule has 0 heterocycles. The van der Waals surface area contributed by atoms with Crippen molar-refractivity contribution in [2.45, 2.75) is 82.1 Å². The molecule has 0 bridgehead atoms. The summed E-state index contributed by atoms with van der Waals surface area (Å²) in [4.78, 5) is 0. The van der Waals surface area contributed by atoms with Crippen molar-refractivity contribution in [1.29, 1.82) is 0 Å². The molecule has 0 spiro atoms. The van der Waals surface area contributed by atoms with Crippen molar-refractivity contribution in [3.8, 4) is 0 Å². The largest absolute Gasteiger partial charge is 0.0531 e. The second-order valence-electron chi connectivity index (χ2n) is 7.38. The molecule has 1 heteroatoms. The maximum absolute atomic E-state index is 1.62. The predicted octanol–water partition coefficient (Wildman–Crippen LogP) is 4.08. The van der Waals surface area contributed by atoms with Gasteiger partial charge in [0, 0.05) is 10.2 Å². The number of hydrogen-bond donors (Lipinski definition) is 0. The Morgan fingerprint density at radius 1 is 0.706 bits per heavy atom. The van der Waals surface area contributed by atoms with E-state index in [1.54, 1.807) is 77.0 Å². The first kappa shape index (κ1) is 12.3. The lowest BCUT2D eigenvalue weighted by Gasteiger charge is -2.49. The van der Waals surface area contributed by atoms with Gasteiger partial charge in [-0.25, -0.2) is 0 Å². The Balaban J connectivity index is 1.77. The van der Waals surface area contributed by atoms with E-state index in [-0.39, 0.29) is 0 Å². The highest BCUT2D eigenvalue weighted by Crippen LogP contribution is 2.59. The van der Waals surface area contributed by atoms with Crippen LogP contribution in [0.4, 0.5) is 0 Å². The van der Waals surface area contributed by atoms with E-state index in [0.717, 1.165) is 22.8 Å². The van der Waals surface area contributed by atoms with Gasteiger partial charge in [-0.3, -0.25) is 0 Å². The first-order valence-corrected chi connectivity index (χ1v) is 9.31. The Morgan fingerprint density at radius 2 is 1.29 bits per heavy atom. The third kappa shape index (κ3) is 2.24. The lowest BCUT2D eigenvalue weighted by molar-refractivity contribution is 0.127. The predicted molar refractivity (Wildman–Crippen MR) is 78.5 cm³/mol. The van der Waals surface area contributed by atoms with Crippen LogP contribution in [0.5, 0.6) is 0 Å². The van der Waals surface area contributed by atoms with E-state index >= 15 is 0 Å². The van der Waals surface area contributed by atoms with Crippen LogP contribution in [0.15, 0.2) is 0 Å². The molecule has 0 nitrogen and oxygen atoms in total. The van der Waals surface area contributed by atoms with Crippen molar-refractivity contribution in [2.24, 2.45) is 17.8 Å². The van der Waals surface area contributed by atoms with Crippen LogP contribution in [0.3, 0.4) is 0 Å². The minimum atomic E-state index is 0.879. The van der Waals surface area contributed by atoms with Gasteiger partial charge in [0.05, 0.1) is 0 Å². The van der Waals surface area contributed by atoms with E-state index in [1.807, 2.05) is 0 Å². The standard InChI is InChI=1S/C16H30Si/c17-16(14-9-3-4-10-14)12-6-5-11-15(16)13-7-1-2-8-13/h13-15H,1-12H2,17H3. The monoisotopic (exact) mass is 250 g/mol. The van der Waals surface area contributed by atoms with E-state index in [0.29, 0.717) is 0 Å². The van der Waals surface area contributed by atoms with Crippen molar-refractivity contribution in [1.82, 2.24) is 0 Å². The summed E-state index contributed by atoms with van der Waals surface area (Å²) in [6, 6.07) is 0. The van der Waals surface area contributed by atoms with Crippen LogP contribution in [-0.2, 0) is 0 Å². The molecule has 2 unspecified atom stereocenters. The highest BCUT2D eigenvalue weighted by atomic mass is 28.1. The summed E-state index contributed by atoms with van der Waals surface area (Å²) in [6.07, 6.45) is 18.9. The second kappa shape index (κ2) is 5.07. The van der Waals surface area contributed by atoms with Crippen molar-refractivity contribution in [2.75, 3.05) is 0 Å². The summed E-state index contributed by atoms with van der Waals surface area (Å²) in [5.74, 6) is 3.46. The van der Waals surface area contributed by atoms with Crippen LogP contribution in [0.25, 0.3) is 0 Å². The Kier molecular flexibility index (Phi) is 3.66. The zero-order valence-corrected chi connectivity index (χ0v) is 13.7. The van der Waals surface area contributed by atoms with Crippen LogP contribution in [0.1, 0.15) is 77.0 Å². The van der Waals surface area contributed by atoms with Crippen molar-refractivity contribution in [3.05, 3.63) is 0 Å². The van der Waals surface area contributed by atoms with Crippen LogP contribution in [-0.4, -0.2) is 10.2 Å². The molecule has 3 saturated carbocycles. The minimum Gasteiger partial charge on any atom is -0.0531 e. The topological polar surface area (TPSA) is 0 Å². The number of rotatable bonds is 2. The molecular weight excluding hydrogens is 220 g/mol. The van der Waals surface area contributed by atoms with E-state index in [4.69, 9.17) is 0 Å². The van der Waals surface area contributed by atoms with Gasteiger partial charge >= 0.3 is 0 Å². The van der Waals surface area contributed by atoms with Gasteiger partial charge in [-0.2, -0.15) is 0 Å². The molecule has 17 heavy (non-hydrogen) atoms. The van der Waals surface area contributed by atoms with E-state index in [1.165, 1.54) is 10.2 Å². The molecule has 0 amide bonds. The molecule has 0 aliphatic heterocycles. The molecule has 3 aliphatic rings. The molecule has 2 atom stereocenters. The van der Waals surface area contributed by atoms with Gasteiger partial charge in [0.25, 0.3) is 0 Å². The van der Waals surface area contributed by atoms with Crippen LogP contribution in [0, 0.1) is 17.8 Å². The summed E-state index contributed by atoms with van der Waals surface area (Å²) in [7, 11) is 1.49. The van der Waals surface area contributed by atoms with Crippen molar-refractivity contribution >= 4 is 10.2 Å². The molecule has 0 radical (unpaired) electrons. The highest BCUT2D eigenvalue weighted by molar-refractivity contribution is 6.15. The Hall–Kier alpha value is 0.217. The summed E-state index contributed by atoms with van der Waals surface area (Å²) < 4.78 is 0.